The Hall–Kier alpha value is -2.37. The van der Waals surface area contributed by atoms with Crippen molar-refractivity contribution in [3.8, 4) is 0 Å². The van der Waals surface area contributed by atoms with Crippen molar-refractivity contribution in [3.05, 3.63) is 58.5 Å². The van der Waals surface area contributed by atoms with Gasteiger partial charge in [0.1, 0.15) is 17.5 Å². The number of benzene rings is 1. The van der Waals surface area contributed by atoms with Crippen molar-refractivity contribution in [2.45, 2.75) is 25.0 Å². The third-order valence-corrected chi connectivity index (χ3v) is 5.89. The fourth-order valence-corrected chi connectivity index (χ4v) is 4.63. The number of hydrogen-bond acceptors (Lipinski definition) is 6. The molecular formula is C18H17FN4O2S. The molecule has 2 aromatic rings. The molecule has 2 aliphatic rings. The van der Waals surface area contributed by atoms with Crippen LogP contribution in [0.5, 0.6) is 0 Å². The highest BCUT2D eigenvalue weighted by Crippen LogP contribution is 2.50. The van der Waals surface area contributed by atoms with Gasteiger partial charge in [-0.1, -0.05) is 23.0 Å². The van der Waals surface area contributed by atoms with Gasteiger partial charge >= 0.3 is 0 Å². The SMILES string of the molecule is [C-]#[N+]c1ccc(F)c([C@]23CO[C@@H](c4cc(C)no4)C[C@H]2CSC(N)=N3)c1. The summed E-state index contributed by atoms with van der Waals surface area (Å²) in [7, 11) is 0. The Labute approximate surface area is 154 Å². The lowest BCUT2D eigenvalue weighted by atomic mass is 9.74. The van der Waals surface area contributed by atoms with Crippen molar-refractivity contribution < 1.29 is 13.7 Å². The zero-order valence-electron chi connectivity index (χ0n) is 14.1. The largest absolute Gasteiger partial charge is 0.379 e. The number of thioether (sulfide) groups is 1. The van der Waals surface area contributed by atoms with E-state index in [9.17, 15) is 4.39 Å². The fraction of sp³-hybridized carbons (Fsp3) is 0.389. The smallest absolute Gasteiger partial charge is 0.187 e. The predicted molar refractivity (Wildman–Crippen MR) is 96.5 cm³/mol. The maximum absolute atomic E-state index is 14.7. The van der Waals surface area contributed by atoms with Crippen molar-refractivity contribution in [2.24, 2.45) is 16.6 Å². The van der Waals surface area contributed by atoms with E-state index in [0.29, 0.717) is 34.4 Å². The lowest BCUT2D eigenvalue weighted by molar-refractivity contribution is -0.0692. The van der Waals surface area contributed by atoms with E-state index in [4.69, 9.17) is 21.6 Å². The number of nitrogens with zero attached hydrogens (tertiary/aromatic N) is 3. The van der Waals surface area contributed by atoms with E-state index in [1.165, 1.54) is 23.9 Å². The normalized spacial score (nSPS) is 28.1. The zero-order chi connectivity index (χ0) is 18.3. The molecule has 1 saturated heterocycles. The molecule has 2 aliphatic heterocycles. The molecule has 0 saturated carbocycles. The standard InChI is InChI=1S/C18H17FN4O2S/c1-10-5-16(25-23-10)15-6-11-8-26-17(20)22-18(11,9-24-15)13-7-12(21-2)3-4-14(13)19/h3-5,7,11,15H,6,8-9H2,1H3,(H2,20,22)/t11-,15+,18-/m0/s1. The van der Waals surface area contributed by atoms with Gasteiger partial charge in [-0.25, -0.2) is 14.2 Å². The number of fused-ring (bicyclic) bond motifs is 1. The maximum atomic E-state index is 14.7. The molecule has 2 N–H and O–H groups in total. The van der Waals surface area contributed by atoms with Crippen LogP contribution in [0.2, 0.25) is 0 Å². The Morgan fingerprint density at radius 3 is 3.00 bits per heavy atom. The molecule has 0 spiro atoms. The van der Waals surface area contributed by atoms with Crippen LogP contribution in [0.25, 0.3) is 4.85 Å². The van der Waals surface area contributed by atoms with Crippen LogP contribution < -0.4 is 5.73 Å². The van der Waals surface area contributed by atoms with Crippen molar-refractivity contribution in [3.63, 3.8) is 0 Å². The minimum absolute atomic E-state index is 0.000519. The molecule has 0 radical (unpaired) electrons. The molecule has 0 amide bonds. The minimum atomic E-state index is -0.925. The van der Waals surface area contributed by atoms with E-state index < -0.39 is 11.4 Å². The monoisotopic (exact) mass is 372 g/mol. The first-order valence-electron chi connectivity index (χ1n) is 8.22. The lowest BCUT2D eigenvalue weighted by Gasteiger charge is -2.46. The summed E-state index contributed by atoms with van der Waals surface area (Å²) >= 11 is 1.46. The number of amidine groups is 1. The second kappa shape index (κ2) is 6.41. The average molecular weight is 372 g/mol. The molecule has 4 rings (SSSR count). The lowest BCUT2D eigenvalue weighted by Crippen LogP contribution is -2.48. The van der Waals surface area contributed by atoms with Crippen LogP contribution in [0, 0.1) is 25.2 Å². The van der Waals surface area contributed by atoms with Gasteiger partial charge in [0, 0.05) is 23.3 Å². The van der Waals surface area contributed by atoms with Crippen molar-refractivity contribution >= 4 is 22.6 Å². The van der Waals surface area contributed by atoms with Crippen LogP contribution in [0.1, 0.15) is 29.5 Å². The molecule has 134 valence electrons. The van der Waals surface area contributed by atoms with Crippen LogP contribution in [-0.2, 0) is 10.3 Å². The molecule has 0 unspecified atom stereocenters. The number of hydrogen-bond donors (Lipinski definition) is 1. The van der Waals surface area contributed by atoms with Crippen LogP contribution in [0.15, 0.2) is 33.8 Å². The Bertz CT molecular complexity index is 922. The maximum Gasteiger partial charge on any atom is 0.187 e. The second-order valence-corrected chi connectivity index (χ2v) is 7.60. The molecule has 26 heavy (non-hydrogen) atoms. The first-order valence-corrected chi connectivity index (χ1v) is 9.21. The Balaban J connectivity index is 1.75. The Morgan fingerprint density at radius 1 is 1.42 bits per heavy atom. The van der Waals surface area contributed by atoms with Crippen LogP contribution in [0.4, 0.5) is 10.1 Å². The van der Waals surface area contributed by atoms with Gasteiger partial charge in [-0.3, -0.25) is 0 Å². The minimum Gasteiger partial charge on any atom is -0.379 e. The van der Waals surface area contributed by atoms with Gasteiger partial charge in [-0.15, -0.1) is 0 Å². The molecule has 3 atom stereocenters. The number of aromatic nitrogens is 1. The van der Waals surface area contributed by atoms with E-state index in [2.05, 4.69) is 15.0 Å². The number of rotatable bonds is 2. The quantitative estimate of drug-likeness (QED) is 0.813. The molecule has 1 fully saturated rings. The molecule has 1 aromatic carbocycles. The molecule has 0 bridgehead atoms. The molecule has 0 aliphatic carbocycles. The molecule has 6 nitrogen and oxygen atoms in total. The van der Waals surface area contributed by atoms with Gasteiger partial charge in [0.05, 0.1) is 18.9 Å². The summed E-state index contributed by atoms with van der Waals surface area (Å²) in [5, 5.41) is 4.33. The van der Waals surface area contributed by atoms with Crippen molar-refractivity contribution in [1.29, 1.82) is 0 Å². The van der Waals surface area contributed by atoms with Gasteiger partial charge in [-0.05, 0) is 25.5 Å². The first kappa shape index (κ1) is 17.1. The second-order valence-electron chi connectivity index (χ2n) is 6.56. The number of halogens is 1. The molecule has 1 aromatic heterocycles. The number of nitrogens with two attached hydrogens (primary N) is 1. The number of ether oxygens (including phenoxy) is 1. The molecule has 3 heterocycles. The fourth-order valence-electron chi connectivity index (χ4n) is 3.62. The van der Waals surface area contributed by atoms with Crippen molar-refractivity contribution in [2.75, 3.05) is 12.4 Å². The highest BCUT2D eigenvalue weighted by molar-refractivity contribution is 8.13. The Morgan fingerprint density at radius 2 is 2.27 bits per heavy atom. The van der Waals surface area contributed by atoms with Gasteiger partial charge in [0.25, 0.3) is 0 Å². The zero-order valence-corrected chi connectivity index (χ0v) is 14.9. The van der Waals surface area contributed by atoms with Gasteiger partial charge in [-0.2, -0.15) is 0 Å². The van der Waals surface area contributed by atoms with Crippen LogP contribution in [-0.4, -0.2) is 22.7 Å². The summed E-state index contributed by atoms with van der Waals surface area (Å²) < 4.78 is 26.1. The van der Waals surface area contributed by atoms with E-state index in [-0.39, 0.29) is 18.6 Å². The average Bonchev–Trinajstić information content (AvgIpc) is 3.08. The summed E-state index contributed by atoms with van der Waals surface area (Å²) in [6, 6.07) is 6.19. The predicted octanol–water partition coefficient (Wildman–Crippen LogP) is 3.71. The van der Waals surface area contributed by atoms with E-state index in [1.54, 1.807) is 6.07 Å². The first-order chi connectivity index (χ1) is 12.5. The Kier molecular flexibility index (Phi) is 4.21. The number of aryl methyl sites for hydroxylation is 1. The number of aliphatic imine (C=N–C) groups is 1. The van der Waals surface area contributed by atoms with E-state index in [0.717, 1.165) is 5.69 Å². The van der Waals surface area contributed by atoms with E-state index >= 15 is 0 Å². The summed E-state index contributed by atoms with van der Waals surface area (Å²) in [6.45, 7) is 9.25. The van der Waals surface area contributed by atoms with Crippen LogP contribution >= 0.6 is 11.8 Å². The topological polar surface area (TPSA) is 78.0 Å². The van der Waals surface area contributed by atoms with Gasteiger partial charge < -0.3 is 15.0 Å². The van der Waals surface area contributed by atoms with Crippen LogP contribution in [0.3, 0.4) is 0 Å². The summed E-state index contributed by atoms with van der Waals surface area (Å²) in [4.78, 5) is 8.04. The third-order valence-electron chi connectivity index (χ3n) is 4.93. The highest BCUT2D eigenvalue weighted by Gasteiger charge is 2.50. The third kappa shape index (κ3) is 2.77. The highest BCUT2D eigenvalue weighted by atomic mass is 32.2. The molecule has 8 heteroatoms. The summed E-state index contributed by atoms with van der Waals surface area (Å²) in [6.07, 6.45) is 0.358. The summed E-state index contributed by atoms with van der Waals surface area (Å²) in [5.74, 6) is 0.964. The van der Waals surface area contributed by atoms with Gasteiger partial charge in [0.15, 0.2) is 16.6 Å². The molecular weight excluding hydrogens is 355 g/mol. The van der Waals surface area contributed by atoms with Crippen molar-refractivity contribution in [1.82, 2.24) is 5.16 Å². The van der Waals surface area contributed by atoms with Gasteiger partial charge in [0.2, 0.25) is 0 Å². The van der Waals surface area contributed by atoms with E-state index in [1.807, 2.05) is 13.0 Å². The summed E-state index contributed by atoms with van der Waals surface area (Å²) in [5.41, 5.74) is 6.58.